The van der Waals surface area contributed by atoms with Crippen molar-refractivity contribution in [1.29, 1.82) is 0 Å². The first-order chi connectivity index (χ1) is 16.8. The molecule has 2 amide bonds. The molecule has 1 fully saturated rings. The SMILES string of the molecule is O=C1CCc2c(Oc3ccc4c(c3)C3C(NC(=O)c5cccc(C(F)(F)F)n5)C3O4)ccnc2N1. The number of anilines is 1. The fraction of sp³-hybridized carbons (Fsp3) is 0.250. The normalized spacial score (nSPS) is 21.7. The maximum absolute atomic E-state index is 12.9. The van der Waals surface area contributed by atoms with Crippen LogP contribution in [-0.2, 0) is 17.4 Å². The summed E-state index contributed by atoms with van der Waals surface area (Å²) >= 11 is 0. The van der Waals surface area contributed by atoms with Crippen molar-refractivity contribution in [2.45, 2.75) is 37.1 Å². The van der Waals surface area contributed by atoms with E-state index in [1.54, 1.807) is 24.4 Å². The quantitative estimate of drug-likeness (QED) is 0.586. The molecule has 0 spiro atoms. The van der Waals surface area contributed by atoms with Crippen molar-refractivity contribution >= 4 is 17.6 Å². The molecule has 4 heterocycles. The number of carbonyl (C=O) groups excluding carboxylic acids is 2. The van der Waals surface area contributed by atoms with E-state index in [-0.39, 0.29) is 29.7 Å². The van der Waals surface area contributed by atoms with Crippen molar-refractivity contribution < 1.29 is 32.2 Å². The first kappa shape index (κ1) is 21.4. The van der Waals surface area contributed by atoms with Crippen LogP contribution in [0.4, 0.5) is 19.0 Å². The number of fused-ring (bicyclic) bond motifs is 4. The van der Waals surface area contributed by atoms with Crippen molar-refractivity contribution in [2.75, 3.05) is 5.32 Å². The second-order valence-corrected chi connectivity index (χ2v) is 8.50. The largest absolute Gasteiger partial charge is 0.487 e. The molecule has 1 aromatic carbocycles. The molecule has 3 unspecified atom stereocenters. The van der Waals surface area contributed by atoms with Gasteiger partial charge >= 0.3 is 6.18 Å². The molecule has 3 aromatic rings. The number of nitrogens with zero attached hydrogens (tertiary/aromatic N) is 2. The fourth-order valence-electron chi connectivity index (χ4n) is 4.50. The van der Waals surface area contributed by atoms with Gasteiger partial charge in [0.05, 0.1) is 12.0 Å². The Morgan fingerprint density at radius 3 is 2.86 bits per heavy atom. The van der Waals surface area contributed by atoms with Crippen LogP contribution < -0.4 is 20.1 Å². The van der Waals surface area contributed by atoms with E-state index in [1.165, 1.54) is 6.07 Å². The fourth-order valence-corrected chi connectivity index (χ4v) is 4.50. The smallest absolute Gasteiger partial charge is 0.433 e. The predicted octanol–water partition coefficient (Wildman–Crippen LogP) is 3.83. The van der Waals surface area contributed by atoms with Crippen molar-refractivity contribution in [1.82, 2.24) is 15.3 Å². The summed E-state index contributed by atoms with van der Waals surface area (Å²) in [6.45, 7) is 0. The number of ether oxygens (including phenoxy) is 2. The molecule has 8 nitrogen and oxygen atoms in total. The Hall–Kier alpha value is -4.15. The molecular formula is C24H17F3N4O4. The zero-order chi connectivity index (χ0) is 24.3. The molecule has 1 aliphatic carbocycles. The van der Waals surface area contributed by atoms with E-state index in [0.29, 0.717) is 35.9 Å². The maximum atomic E-state index is 12.9. The molecule has 0 radical (unpaired) electrons. The van der Waals surface area contributed by atoms with Crippen LogP contribution in [-0.4, -0.2) is 33.9 Å². The number of pyridine rings is 2. The van der Waals surface area contributed by atoms with Crippen LogP contribution in [0.25, 0.3) is 0 Å². The van der Waals surface area contributed by atoms with E-state index in [2.05, 4.69) is 20.6 Å². The molecule has 11 heteroatoms. The van der Waals surface area contributed by atoms with Gasteiger partial charge in [-0.3, -0.25) is 9.59 Å². The lowest BCUT2D eigenvalue weighted by atomic mass is 10.1. The highest BCUT2D eigenvalue weighted by Gasteiger charge is 2.59. The van der Waals surface area contributed by atoms with Gasteiger partial charge in [0.2, 0.25) is 5.91 Å². The minimum Gasteiger partial charge on any atom is -0.487 e. The first-order valence-corrected chi connectivity index (χ1v) is 10.9. The molecular weight excluding hydrogens is 465 g/mol. The van der Waals surface area contributed by atoms with Gasteiger partial charge in [0.25, 0.3) is 5.91 Å². The van der Waals surface area contributed by atoms with Gasteiger partial charge in [-0.2, -0.15) is 13.2 Å². The van der Waals surface area contributed by atoms with Gasteiger partial charge in [0, 0.05) is 23.7 Å². The zero-order valence-corrected chi connectivity index (χ0v) is 17.9. The summed E-state index contributed by atoms with van der Waals surface area (Å²) in [5.74, 6) is 1.35. The van der Waals surface area contributed by atoms with Crippen molar-refractivity contribution in [3.05, 3.63) is 71.2 Å². The average molecular weight is 482 g/mol. The van der Waals surface area contributed by atoms with Crippen LogP contribution in [0.15, 0.2) is 48.7 Å². The van der Waals surface area contributed by atoms with Crippen LogP contribution in [0.2, 0.25) is 0 Å². The number of carbonyl (C=O) groups is 2. The minimum atomic E-state index is -4.63. The van der Waals surface area contributed by atoms with Crippen molar-refractivity contribution in [2.24, 2.45) is 0 Å². The number of halogens is 3. The van der Waals surface area contributed by atoms with E-state index < -0.39 is 17.8 Å². The van der Waals surface area contributed by atoms with E-state index in [1.807, 2.05) is 6.07 Å². The summed E-state index contributed by atoms with van der Waals surface area (Å²) in [7, 11) is 0. The van der Waals surface area contributed by atoms with E-state index >= 15 is 0 Å². The molecule has 2 N–H and O–H groups in total. The summed E-state index contributed by atoms with van der Waals surface area (Å²) in [6, 6.07) is 9.91. The van der Waals surface area contributed by atoms with Gasteiger partial charge in [0.15, 0.2) is 0 Å². The van der Waals surface area contributed by atoms with E-state index in [0.717, 1.165) is 23.3 Å². The Labute approximate surface area is 196 Å². The van der Waals surface area contributed by atoms with Crippen molar-refractivity contribution in [3.8, 4) is 17.2 Å². The highest BCUT2D eigenvalue weighted by atomic mass is 19.4. The molecule has 3 aliphatic rings. The predicted molar refractivity (Wildman–Crippen MR) is 115 cm³/mol. The van der Waals surface area contributed by atoms with Gasteiger partial charge in [-0.15, -0.1) is 0 Å². The number of alkyl halides is 3. The highest BCUT2D eigenvalue weighted by molar-refractivity contribution is 5.93. The second-order valence-electron chi connectivity index (χ2n) is 8.50. The molecule has 2 aliphatic heterocycles. The van der Waals surface area contributed by atoms with Gasteiger partial charge in [-0.05, 0) is 42.8 Å². The number of benzene rings is 1. The van der Waals surface area contributed by atoms with Gasteiger partial charge in [0.1, 0.15) is 40.6 Å². The van der Waals surface area contributed by atoms with Gasteiger partial charge in [-0.1, -0.05) is 6.07 Å². The Bertz CT molecular complexity index is 1380. The van der Waals surface area contributed by atoms with Crippen LogP contribution in [0.5, 0.6) is 17.2 Å². The molecule has 1 saturated carbocycles. The average Bonchev–Trinajstić information content (AvgIpc) is 3.35. The van der Waals surface area contributed by atoms with Crippen LogP contribution in [0, 0.1) is 0 Å². The van der Waals surface area contributed by atoms with Gasteiger partial charge in [-0.25, -0.2) is 9.97 Å². The summed E-state index contributed by atoms with van der Waals surface area (Å²) < 4.78 is 50.7. The third kappa shape index (κ3) is 3.82. The molecule has 0 saturated heterocycles. The lowest BCUT2D eigenvalue weighted by Crippen LogP contribution is -2.31. The number of hydrogen-bond acceptors (Lipinski definition) is 6. The number of amides is 2. The van der Waals surface area contributed by atoms with Crippen LogP contribution >= 0.6 is 0 Å². The molecule has 3 atom stereocenters. The van der Waals surface area contributed by atoms with E-state index in [4.69, 9.17) is 9.47 Å². The molecule has 2 aromatic heterocycles. The number of rotatable bonds is 4. The second kappa shape index (κ2) is 7.69. The summed E-state index contributed by atoms with van der Waals surface area (Å²) in [5, 5.41) is 5.46. The minimum absolute atomic E-state index is 0.0926. The third-order valence-corrected chi connectivity index (χ3v) is 6.23. The van der Waals surface area contributed by atoms with Gasteiger partial charge < -0.3 is 20.1 Å². The Morgan fingerprint density at radius 1 is 1.17 bits per heavy atom. The highest BCUT2D eigenvalue weighted by Crippen LogP contribution is 2.54. The lowest BCUT2D eigenvalue weighted by molar-refractivity contribution is -0.141. The van der Waals surface area contributed by atoms with Crippen molar-refractivity contribution in [3.63, 3.8) is 0 Å². The topological polar surface area (TPSA) is 102 Å². The summed E-state index contributed by atoms with van der Waals surface area (Å²) in [6.07, 6.45) is -2.52. The summed E-state index contributed by atoms with van der Waals surface area (Å²) in [5.41, 5.74) is 0.219. The standard InChI is InChI=1S/C24H17F3N4O4/c25-24(26,27)17-3-1-2-14(29-17)23(33)31-20-19-13-10-11(4-6-15(13)35-21(19)20)34-16-8-9-28-22-12(16)5-7-18(32)30-22/h1-4,6,8-10,19-21H,5,7H2,(H,31,33)(H,28,30,32). The number of nitrogens with one attached hydrogen (secondary N) is 2. The van der Waals surface area contributed by atoms with Crippen LogP contribution in [0.3, 0.4) is 0 Å². The van der Waals surface area contributed by atoms with E-state index in [9.17, 15) is 22.8 Å². The molecule has 35 heavy (non-hydrogen) atoms. The number of aromatic nitrogens is 2. The molecule has 0 bridgehead atoms. The Morgan fingerprint density at radius 2 is 2.03 bits per heavy atom. The number of hydrogen-bond donors (Lipinski definition) is 2. The summed E-state index contributed by atoms with van der Waals surface area (Å²) in [4.78, 5) is 31.8. The maximum Gasteiger partial charge on any atom is 0.433 e. The Kier molecular flexibility index (Phi) is 4.70. The molecule has 6 rings (SSSR count). The third-order valence-electron chi connectivity index (χ3n) is 6.23. The lowest BCUT2D eigenvalue weighted by Gasteiger charge is -2.19. The monoisotopic (exact) mass is 482 g/mol. The first-order valence-electron chi connectivity index (χ1n) is 10.9. The van der Waals surface area contributed by atoms with Crippen LogP contribution in [0.1, 0.15) is 39.6 Å². The molecule has 178 valence electrons. The zero-order valence-electron chi connectivity index (χ0n) is 17.9. The Balaban J connectivity index is 1.18.